The molecule has 1 amide bonds. The third kappa shape index (κ3) is 4.38. The van der Waals surface area contributed by atoms with Gasteiger partial charge < -0.3 is 9.64 Å². The third-order valence-electron chi connectivity index (χ3n) is 4.74. The highest BCUT2D eigenvalue weighted by atomic mass is 32.1. The zero-order chi connectivity index (χ0) is 22.2. The van der Waals surface area contributed by atoms with E-state index in [0.717, 1.165) is 21.8 Å². The van der Waals surface area contributed by atoms with Crippen LogP contribution in [0.3, 0.4) is 0 Å². The van der Waals surface area contributed by atoms with Crippen molar-refractivity contribution in [3.05, 3.63) is 80.7 Å². The number of alkyl halides is 3. The lowest BCUT2D eigenvalue weighted by Gasteiger charge is -2.23. The SMILES string of the molecule is O=C(c1cc2c(s1)-c1ccccc1OC2)N(Cc1ccccc1[N+](=O)[O-])CC(F)(F)F. The summed E-state index contributed by atoms with van der Waals surface area (Å²) in [6.07, 6.45) is -4.66. The molecule has 0 fully saturated rings. The molecule has 1 aromatic heterocycles. The van der Waals surface area contributed by atoms with Gasteiger partial charge in [-0.15, -0.1) is 11.3 Å². The van der Waals surface area contributed by atoms with Crippen LogP contribution in [-0.4, -0.2) is 28.5 Å². The molecule has 2 heterocycles. The molecule has 1 aliphatic heterocycles. The van der Waals surface area contributed by atoms with E-state index in [4.69, 9.17) is 4.74 Å². The first-order valence-electron chi connectivity index (χ1n) is 9.16. The molecule has 31 heavy (non-hydrogen) atoms. The Morgan fingerprint density at radius 2 is 1.87 bits per heavy atom. The van der Waals surface area contributed by atoms with Crippen LogP contribution in [0.25, 0.3) is 10.4 Å². The van der Waals surface area contributed by atoms with E-state index in [9.17, 15) is 28.1 Å². The summed E-state index contributed by atoms with van der Waals surface area (Å²) in [6, 6.07) is 14.2. The molecule has 0 saturated carbocycles. The van der Waals surface area contributed by atoms with Crippen molar-refractivity contribution in [2.75, 3.05) is 6.54 Å². The van der Waals surface area contributed by atoms with Crippen LogP contribution in [0.1, 0.15) is 20.8 Å². The molecule has 0 unspecified atom stereocenters. The summed E-state index contributed by atoms with van der Waals surface area (Å²) in [5.74, 6) is -0.199. The van der Waals surface area contributed by atoms with Gasteiger partial charge >= 0.3 is 6.18 Å². The van der Waals surface area contributed by atoms with Crippen LogP contribution in [0.2, 0.25) is 0 Å². The highest BCUT2D eigenvalue weighted by Gasteiger charge is 2.35. The van der Waals surface area contributed by atoms with Gasteiger partial charge in [-0.2, -0.15) is 13.2 Å². The number of hydrogen-bond donors (Lipinski definition) is 0. The molecule has 3 aromatic rings. The number of nitrogens with zero attached hydrogens (tertiary/aromatic N) is 2. The molecule has 0 saturated heterocycles. The predicted octanol–water partition coefficient (Wildman–Crippen LogP) is 5.42. The van der Waals surface area contributed by atoms with Crippen LogP contribution in [0.15, 0.2) is 54.6 Å². The second kappa shape index (κ2) is 8.03. The number of fused-ring (bicyclic) bond motifs is 3. The summed E-state index contributed by atoms with van der Waals surface area (Å²) in [6.45, 7) is -1.85. The minimum Gasteiger partial charge on any atom is -0.488 e. The number of nitro benzene ring substituents is 1. The number of nitro groups is 1. The second-order valence-electron chi connectivity index (χ2n) is 6.91. The van der Waals surface area contributed by atoms with Crippen molar-refractivity contribution in [1.82, 2.24) is 4.90 Å². The van der Waals surface area contributed by atoms with E-state index in [2.05, 4.69) is 0 Å². The van der Waals surface area contributed by atoms with E-state index >= 15 is 0 Å². The Kier molecular flexibility index (Phi) is 5.40. The molecular weight excluding hydrogens is 433 g/mol. The smallest absolute Gasteiger partial charge is 0.406 e. The van der Waals surface area contributed by atoms with Crippen LogP contribution in [0, 0.1) is 10.1 Å². The summed E-state index contributed by atoms with van der Waals surface area (Å²) in [7, 11) is 0. The monoisotopic (exact) mass is 448 g/mol. The van der Waals surface area contributed by atoms with Crippen molar-refractivity contribution >= 4 is 22.9 Å². The fourth-order valence-electron chi connectivity index (χ4n) is 3.40. The molecular formula is C21H15F3N2O4S. The van der Waals surface area contributed by atoms with Crippen molar-refractivity contribution < 1.29 is 27.6 Å². The van der Waals surface area contributed by atoms with Crippen molar-refractivity contribution in [3.63, 3.8) is 0 Å². The Bertz CT molecular complexity index is 1160. The number of amides is 1. The molecule has 4 rings (SSSR count). The van der Waals surface area contributed by atoms with Crippen LogP contribution in [0.5, 0.6) is 5.75 Å². The van der Waals surface area contributed by atoms with Crippen LogP contribution < -0.4 is 4.74 Å². The lowest BCUT2D eigenvalue weighted by Crippen LogP contribution is -2.38. The molecule has 160 valence electrons. The maximum atomic E-state index is 13.2. The number of halogens is 3. The molecule has 6 nitrogen and oxygen atoms in total. The molecule has 0 aliphatic carbocycles. The van der Waals surface area contributed by atoms with E-state index in [1.54, 1.807) is 12.1 Å². The van der Waals surface area contributed by atoms with E-state index in [0.29, 0.717) is 16.2 Å². The molecule has 1 aliphatic rings. The van der Waals surface area contributed by atoms with Gasteiger partial charge in [0.25, 0.3) is 11.6 Å². The van der Waals surface area contributed by atoms with E-state index < -0.39 is 30.1 Å². The number of thiophene rings is 1. The number of para-hydroxylation sites is 2. The number of carbonyl (C=O) groups excluding carboxylic acids is 1. The van der Waals surface area contributed by atoms with Gasteiger partial charge in [-0.1, -0.05) is 30.3 Å². The Morgan fingerprint density at radius 1 is 1.16 bits per heavy atom. The first kappa shape index (κ1) is 20.9. The average molecular weight is 448 g/mol. The molecule has 0 spiro atoms. The Labute approximate surface area is 178 Å². The van der Waals surface area contributed by atoms with Crippen LogP contribution in [0.4, 0.5) is 18.9 Å². The first-order chi connectivity index (χ1) is 14.7. The topological polar surface area (TPSA) is 72.7 Å². The molecule has 0 bridgehead atoms. The Balaban J connectivity index is 1.68. The van der Waals surface area contributed by atoms with Gasteiger partial charge in [0.2, 0.25) is 0 Å². The minimum atomic E-state index is -4.66. The molecule has 0 N–H and O–H groups in total. The Hall–Kier alpha value is -3.40. The van der Waals surface area contributed by atoms with Gasteiger partial charge in [0.15, 0.2) is 0 Å². The van der Waals surface area contributed by atoms with Crippen LogP contribution >= 0.6 is 11.3 Å². The van der Waals surface area contributed by atoms with Crippen LogP contribution in [-0.2, 0) is 13.2 Å². The third-order valence-corrected chi connectivity index (χ3v) is 5.94. The highest BCUT2D eigenvalue weighted by molar-refractivity contribution is 7.17. The molecule has 10 heteroatoms. The van der Waals surface area contributed by atoms with Crippen molar-refractivity contribution in [2.45, 2.75) is 19.3 Å². The van der Waals surface area contributed by atoms with Crippen molar-refractivity contribution in [1.29, 1.82) is 0 Å². The number of benzene rings is 2. The fraction of sp³-hybridized carbons (Fsp3) is 0.190. The Morgan fingerprint density at radius 3 is 2.61 bits per heavy atom. The van der Waals surface area contributed by atoms with Crippen molar-refractivity contribution in [3.8, 4) is 16.2 Å². The summed E-state index contributed by atoms with van der Waals surface area (Å²) in [4.78, 5) is 25.1. The lowest BCUT2D eigenvalue weighted by atomic mass is 10.1. The van der Waals surface area contributed by atoms with Gasteiger partial charge in [0.1, 0.15) is 18.9 Å². The second-order valence-corrected chi connectivity index (χ2v) is 7.96. The summed E-state index contributed by atoms with van der Waals surface area (Å²) in [5.41, 5.74) is 1.17. The number of ether oxygens (including phenoxy) is 1. The quantitative estimate of drug-likeness (QED) is 0.386. The van der Waals surface area contributed by atoms with Crippen molar-refractivity contribution in [2.24, 2.45) is 0 Å². The zero-order valence-corrected chi connectivity index (χ0v) is 16.7. The largest absolute Gasteiger partial charge is 0.488 e. The van der Waals surface area contributed by atoms with E-state index in [-0.39, 0.29) is 22.7 Å². The van der Waals surface area contributed by atoms with Gasteiger partial charge in [-0.3, -0.25) is 14.9 Å². The number of carbonyl (C=O) groups is 1. The molecule has 2 aromatic carbocycles. The minimum absolute atomic E-state index is 0.0279. The van der Waals surface area contributed by atoms with Gasteiger partial charge in [0.05, 0.1) is 16.3 Å². The summed E-state index contributed by atoms with van der Waals surface area (Å²) in [5, 5.41) is 11.2. The van der Waals surface area contributed by atoms with E-state index in [1.165, 1.54) is 30.3 Å². The van der Waals surface area contributed by atoms with Gasteiger partial charge in [0, 0.05) is 27.6 Å². The summed E-state index contributed by atoms with van der Waals surface area (Å²) < 4.78 is 45.3. The number of rotatable bonds is 5. The first-order valence-corrected chi connectivity index (χ1v) is 9.98. The molecule has 0 radical (unpaired) electrons. The van der Waals surface area contributed by atoms with Gasteiger partial charge in [-0.05, 0) is 18.2 Å². The predicted molar refractivity (Wildman–Crippen MR) is 108 cm³/mol. The standard InChI is InChI=1S/C21H15F3N2O4S/c22-21(23,24)12-25(10-13-5-1-3-7-16(13)26(28)29)20(27)18-9-14-11-30-17-8-4-2-6-15(17)19(14)31-18/h1-9H,10-12H2. The van der Waals surface area contributed by atoms with E-state index in [1.807, 2.05) is 12.1 Å². The molecule has 0 atom stereocenters. The zero-order valence-electron chi connectivity index (χ0n) is 15.9. The fourth-order valence-corrected chi connectivity index (χ4v) is 4.57. The number of hydrogen-bond acceptors (Lipinski definition) is 5. The van der Waals surface area contributed by atoms with Gasteiger partial charge in [-0.25, -0.2) is 0 Å². The lowest BCUT2D eigenvalue weighted by molar-refractivity contribution is -0.385. The average Bonchev–Trinajstić information content (AvgIpc) is 3.17. The summed E-state index contributed by atoms with van der Waals surface area (Å²) >= 11 is 1.09. The maximum Gasteiger partial charge on any atom is 0.406 e. The highest BCUT2D eigenvalue weighted by Crippen LogP contribution is 2.42. The maximum absolute atomic E-state index is 13.2. The normalized spacial score (nSPS) is 12.5.